The highest BCUT2D eigenvalue weighted by molar-refractivity contribution is 9.10. The number of aliphatic hydroxyl groups excluding tert-OH is 1. The SMILES string of the molecule is O=C(Nc1ccc(CC[C@H](O)c2ccccc2)cc1)[C@H]1CC(=O)N(c2ccccc2Br)C1. The summed E-state index contributed by atoms with van der Waals surface area (Å²) in [6, 6.07) is 24.8. The first-order chi connectivity index (χ1) is 15.5. The van der Waals surface area contributed by atoms with Crippen molar-refractivity contribution in [3.8, 4) is 0 Å². The highest BCUT2D eigenvalue weighted by atomic mass is 79.9. The third-order valence-corrected chi connectivity index (χ3v) is 6.42. The standard InChI is InChI=1S/C26H25BrN2O3/c27-22-8-4-5-9-23(22)29-17-20(16-25(29)31)26(32)28-21-13-10-18(11-14-21)12-15-24(30)19-6-2-1-3-7-19/h1-11,13-14,20,24,30H,12,15-17H2,(H,28,32)/t20-,24-/m0/s1. The Morgan fingerprint density at radius 2 is 1.72 bits per heavy atom. The van der Waals surface area contributed by atoms with E-state index in [0.717, 1.165) is 27.7 Å². The van der Waals surface area contributed by atoms with Crippen molar-refractivity contribution in [3.05, 3.63) is 94.5 Å². The minimum absolute atomic E-state index is 0.0515. The van der Waals surface area contributed by atoms with Crippen molar-refractivity contribution in [2.75, 3.05) is 16.8 Å². The van der Waals surface area contributed by atoms with Crippen molar-refractivity contribution >= 4 is 39.1 Å². The van der Waals surface area contributed by atoms with E-state index in [1.807, 2.05) is 78.9 Å². The Kier molecular flexibility index (Phi) is 7.02. The molecule has 2 amide bonds. The quantitative estimate of drug-likeness (QED) is 0.481. The van der Waals surface area contributed by atoms with Gasteiger partial charge in [0, 0.05) is 23.1 Å². The molecular weight excluding hydrogens is 468 g/mol. The highest BCUT2D eigenvalue weighted by Crippen LogP contribution is 2.31. The summed E-state index contributed by atoms with van der Waals surface area (Å²) in [7, 11) is 0. The number of rotatable bonds is 7. The first-order valence-corrected chi connectivity index (χ1v) is 11.5. The molecule has 4 rings (SSSR count). The molecule has 1 saturated heterocycles. The lowest BCUT2D eigenvalue weighted by Gasteiger charge is -2.18. The molecule has 3 aromatic rings. The Morgan fingerprint density at radius 1 is 1.03 bits per heavy atom. The number of hydrogen-bond donors (Lipinski definition) is 2. The van der Waals surface area contributed by atoms with Crippen LogP contribution < -0.4 is 10.2 Å². The summed E-state index contributed by atoms with van der Waals surface area (Å²) in [6.07, 6.45) is 1.07. The van der Waals surface area contributed by atoms with Crippen LogP contribution in [0.1, 0.15) is 30.1 Å². The summed E-state index contributed by atoms with van der Waals surface area (Å²) in [6.45, 7) is 0.364. The monoisotopic (exact) mass is 492 g/mol. The zero-order valence-corrected chi connectivity index (χ0v) is 19.2. The van der Waals surface area contributed by atoms with Crippen LogP contribution >= 0.6 is 15.9 Å². The van der Waals surface area contributed by atoms with Crippen LogP contribution in [-0.2, 0) is 16.0 Å². The third kappa shape index (κ3) is 5.26. The molecule has 164 valence electrons. The molecule has 3 aromatic carbocycles. The van der Waals surface area contributed by atoms with Gasteiger partial charge in [-0.05, 0) is 64.2 Å². The molecule has 32 heavy (non-hydrogen) atoms. The van der Waals surface area contributed by atoms with Crippen LogP contribution in [0.3, 0.4) is 0 Å². The van der Waals surface area contributed by atoms with Gasteiger partial charge >= 0.3 is 0 Å². The fourth-order valence-electron chi connectivity index (χ4n) is 3.93. The smallest absolute Gasteiger partial charge is 0.229 e. The van der Waals surface area contributed by atoms with Gasteiger partial charge in [-0.2, -0.15) is 0 Å². The second kappa shape index (κ2) is 10.1. The molecule has 0 spiro atoms. The lowest BCUT2D eigenvalue weighted by atomic mass is 10.0. The summed E-state index contributed by atoms with van der Waals surface area (Å²) in [5, 5.41) is 13.3. The molecule has 2 N–H and O–H groups in total. The molecule has 6 heteroatoms. The minimum Gasteiger partial charge on any atom is -0.388 e. The molecule has 1 aliphatic rings. The summed E-state index contributed by atoms with van der Waals surface area (Å²) in [5.74, 6) is -0.597. The molecule has 0 bridgehead atoms. The second-order valence-corrected chi connectivity index (χ2v) is 8.86. The van der Waals surface area contributed by atoms with Crippen molar-refractivity contribution in [2.45, 2.75) is 25.4 Å². The fourth-order valence-corrected chi connectivity index (χ4v) is 4.43. The van der Waals surface area contributed by atoms with Gasteiger partial charge in [0.25, 0.3) is 0 Å². The highest BCUT2D eigenvalue weighted by Gasteiger charge is 2.35. The van der Waals surface area contributed by atoms with Crippen LogP contribution in [-0.4, -0.2) is 23.5 Å². The van der Waals surface area contributed by atoms with Gasteiger partial charge in [0.15, 0.2) is 0 Å². The number of amides is 2. The van der Waals surface area contributed by atoms with Crippen LogP contribution in [0.15, 0.2) is 83.3 Å². The first kappa shape index (κ1) is 22.2. The molecule has 1 heterocycles. The predicted molar refractivity (Wildman–Crippen MR) is 129 cm³/mol. The number of anilines is 2. The predicted octanol–water partition coefficient (Wildman–Crippen LogP) is 5.11. The van der Waals surface area contributed by atoms with Crippen LogP contribution in [0.25, 0.3) is 0 Å². The maximum atomic E-state index is 12.7. The van der Waals surface area contributed by atoms with Crippen LogP contribution in [0, 0.1) is 5.92 Å². The number of benzene rings is 3. The molecule has 0 aromatic heterocycles. The maximum Gasteiger partial charge on any atom is 0.229 e. The Morgan fingerprint density at radius 3 is 2.44 bits per heavy atom. The molecule has 2 atom stereocenters. The van der Waals surface area contributed by atoms with Crippen molar-refractivity contribution in [1.82, 2.24) is 0 Å². The third-order valence-electron chi connectivity index (χ3n) is 5.75. The van der Waals surface area contributed by atoms with Crippen LogP contribution in [0.5, 0.6) is 0 Å². The lowest BCUT2D eigenvalue weighted by Crippen LogP contribution is -2.28. The molecule has 0 saturated carbocycles. The largest absolute Gasteiger partial charge is 0.388 e. The summed E-state index contributed by atoms with van der Waals surface area (Å²) in [5.41, 5.74) is 3.50. The van der Waals surface area contributed by atoms with Crippen molar-refractivity contribution < 1.29 is 14.7 Å². The van der Waals surface area contributed by atoms with E-state index in [-0.39, 0.29) is 18.2 Å². The lowest BCUT2D eigenvalue weighted by molar-refractivity contribution is -0.122. The number of nitrogens with zero attached hydrogens (tertiary/aromatic N) is 1. The minimum atomic E-state index is -0.497. The molecule has 0 unspecified atom stereocenters. The van der Waals surface area contributed by atoms with E-state index >= 15 is 0 Å². The van der Waals surface area contributed by atoms with Gasteiger partial charge in [-0.25, -0.2) is 0 Å². The van der Waals surface area contributed by atoms with E-state index in [0.29, 0.717) is 18.7 Å². The molecular formula is C26H25BrN2O3. The van der Waals surface area contributed by atoms with Gasteiger partial charge in [-0.1, -0.05) is 54.6 Å². The van der Waals surface area contributed by atoms with Gasteiger partial charge in [0.1, 0.15) is 0 Å². The van der Waals surface area contributed by atoms with Gasteiger partial charge in [0.05, 0.1) is 17.7 Å². The number of hydrogen-bond acceptors (Lipinski definition) is 3. The number of halogens is 1. The number of carbonyl (C=O) groups is 2. The summed E-state index contributed by atoms with van der Waals surface area (Å²) < 4.78 is 0.836. The zero-order valence-electron chi connectivity index (χ0n) is 17.6. The van der Waals surface area contributed by atoms with Crippen molar-refractivity contribution in [3.63, 3.8) is 0 Å². The average Bonchev–Trinajstić information content (AvgIpc) is 3.21. The van der Waals surface area contributed by atoms with Gasteiger partial charge < -0.3 is 15.3 Å². The number of para-hydroxylation sites is 1. The average molecular weight is 493 g/mol. The van der Waals surface area contributed by atoms with Gasteiger partial charge in [-0.15, -0.1) is 0 Å². The fraction of sp³-hybridized carbons (Fsp3) is 0.231. The summed E-state index contributed by atoms with van der Waals surface area (Å²) >= 11 is 3.48. The van der Waals surface area contributed by atoms with Crippen LogP contribution in [0.4, 0.5) is 11.4 Å². The Bertz CT molecular complexity index is 1090. The topological polar surface area (TPSA) is 69.6 Å². The Balaban J connectivity index is 1.31. The van der Waals surface area contributed by atoms with Gasteiger partial charge in [-0.3, -0.25) is 9.59 Å². The number of aliphatic hydroxyl groups is 1. The number of nitrogens with one attached hydrogen (secondary N) is 1. The van der Waals surface area contributed by atoms with E-state index in [9.17, 15) is 14.7 Å². The Labute approximate surface area is 196 Å². The van der Waals surface area contributed by atoms with E-state index in [1.165, 1.54) is 0 Å². The molecule has 1 fully saturated rings. The first-order valence-electron chi connectivity index (χ1n) is 10.7. The van der Waals surface area contributed by atoms with Gasteiger partial charge in [0.2, 0.25) is 11.8 Å². The molecule has 1 aliphatic heterocycles. The maximum absolute atomic E-state index is 12.7. The second-order valence-electron chi connectivity index (χ2n) is 8.01. The summed E-state index contributed by atoms with van der Waals surface area (Å²) in [4.78, 5) is 26.9. The van der Waals surface area contributed by atoms with Crippen molar-refractivity contribution in [1.29, 1.82) is 0 Å². The van der Waals surface area contributed by atoms with E-state index in [4.69, 9.17) is 0 Å². The number of carbonyl (C=O) groups excluding carboxylic acids is 2. The van der Waals surface area contributed by atoms with Crippen LogP contribution in [0.2, 0.25) is 0 Å². The zero-order chi connectivity index (χ0) is 22.5. The normalized spacial score (nSPS) is 16.8. The Hall–Kier alpha value is -2.96. The molecule has 5 nitrogen and oxygen atoms in total. The van der Waals surface area contributed by atoms with E-state index < -0.39 is 12.0 Å². The van der Waals surface area contributed by atoms with E-state index in [2.05, 4.69) is 21.2 Å². The molecule has 0 radical (unpaired) electrons. The number of aryl methyl sites for hydroxylation is 1. The molecule has 0 aliphatic carbocycles. The van der Waals surface area contributed by atoms with Crippen molar-refractivity contribution in [2.24, 2.45) is 5.92 Å². The van der Waals surface area contributed by atoms with E-state index in [1.54, 1.807) is 4.90 Å².